The van der Waals surface area contributed by atoms with Crippen molar-refractivity contribution in [3.63, 3.8) is 0 Å². The molecule has 1 aliphatic rings. The molecule has 0 aliphatic heterocycles. The third-order valence-electron chi connectivity index (χ3n) is 3.01. The Hall–Kier alpha value is -0.370. The Kier molecular flexibility index (Phi) is 2.57. The van der Waals surface area contributed by atoms with Crippen molar-refractivity contribution in [3.05, 3.63) is 0 Å². The SMILES string of the molecule is CC(=O)C1CCC(C(C)(C)O)C1. The summed E-state index contributed by atoms with van der Waals surface area (Å²) in [7, 11) is 0. The molecule has 0 spiro atoms. The van der Waals surface area contributed by atoms with Crippen molar-refractivity contribution < 1.29 is 9.90 Å². The maximum atomic E-state index is 11.0. The number of hydrogen-bond donors (Lipinski definition) is 1. The topological polar surface area (TPSA) is 37.3 Å². The van der Waals surface area contributed by atoms with Crippen LogP contribution in [0.1, 0.15) is 40.0 Å². The largest absolute Gasteiger partial charge is 0.390 e. The van der Waals surface area contributed by atoms with E-state index in [2.05, 4.69) is 0 Å². The fourth-order valence-electron chi connectivity index (χ4n) is 1.99. The average molecular weight is 170 g/mol. The minimum Gasteiger partial charge on any atom is -0.390 e. The van der Waals surface area contributed by atoms with Gasteiger partial charge in [-0.25, -0.2) is 0 Å². The molecule has 1 fully saturated rings. The zero-order valence-corrected chi connectivity index (χ0v) is 8.13. The molecule has 2 nitrogen and oxygen atoms in total. The molecule has 0 aromatic heterocycles. The summed E-state index contributed by atoms with van der Waals surface area (Å²) < 4.78 is 0. The molecule has 0 aromatic rings. The average Bonchev–Trinajstić information content (AvgIpc) is 2.30. The van der Waals surface area contributed by atoms with Gasteiger partial charge in [0.15, 0.2) is 0 Å². The van der Waals surface area contributed by atoms with Crippen LogP contribution in [0, 0.1) is 11.8 Å². The van der Waals surface area contributed by atoms with E-state index in [0.717, 1.165) is 19.3 Å². The number of Topliss-reactive ketones (excluding diaryl/α,β-unsaturated/α-hetero) is 1. The molecule has 0 aromatic carbocycles. The Bertz CT molecular complexity index is 179. The summed E-state index contributed by atoms with van der Waals surface area (Å²) in [5.74, 6) is 0.801. The van der Waals surface area contributed by atoms with Gasteiger partial charge < -0.3 is 5.11 Å². The first-order valence-corrected chi connectivity index (χ1v) is 4.64. The molecule has 0 radical (unpaired) electrons. The molecular formula is C10H18O2. The summed E-state index contributed by atoms with van der Waals surface area (Å²) >= 11 is 0. The van der Waals surface area contributed by atoms with E-state index in [1.54, 1.807) is 6.92 Å². The first-order valence-electron chi connectivity index (χ1n) is 4.64. The molecule has 1 N–H and O–H groups in total. The van der Waals surface area contributed by atoms with Gasteiger partial charge in [0.25, 0.3) is 0 Å². The van der Waals surface area contributed by atoms with E-state index >= 15 is 0 Å². The molecule has 2 unspecified atom stereocenters. The fourth-order valence-corrected chi connectivity index (χ4v) is 1.99. The standard InChI is InChI=1S/C10H18O2/c1-7(11)8-4-5-9(6-8)10(2,3)12/h8-9,12H,4-6H2,1-3H3. The van der Waals surface area contributed by atoms with Crippen molar-refractivity contribution in [2.45, 2.75) is 45.6 Å². The quantitative estimate of drug-likeness (QED) is 0.685. The van der Waals surface area contributed by atoms with E-state index in [4.69, 9.17) is 0 Å². The second-order valence-electron chi connectivity index (χ2n) is 4.47. The first-order chi connectivity index (χ1) is 5.41. The fraction of sp³-hybridized carbons (Fsp3) is 0.900. The Balaban J connectivity index is 2.51. The van der Waals surface area contributed by atoms with E-state index in [1.165, 1.54) is 0 Å². The van der Waals surface area contributed by atoms with Gasteiger partial charge in [0.1, 0.15) is 5.78 Å². The monoisotopic (exact) mass is 170 g/mol. The van der Waals surface area contributed by atoms with Crippen LogP contribution in [0.4, 0.5) is 0 Å². The number of aliphatic hydroxyl groups is 1. The second kappa shape index (κ2) is 3.17. The van der Waals surface area contributed by atoms with Crippen LogP contribution in [0.25, 0.3) is 0 Å². The first kappa shape index (κ1) is 9.72. The summed E-state index contributed by atoms with van der Waals surface area (Å²) in [6.07, 6.45) is 2.83. The highest BCUT2D eigenvalue weighted by molar-refractivity contribution is 5.78. The summed E-state index contributed by atoms with van der Waals surface area (Å²) in [4.78, 5) is 11.0. The van der Waals surface area contributed by atoms with Crippen LogP contribution in [0.3, 0.4) is 0 Å². The van der Waals surface area contributed by atoms with Gasteiger partial charge in [-0.1, -0.05) is 0 Å². The van der Waals surface area contributed by atoms with Gasteiger partial charge in [-0.05, 0) is 46.0 Å². The highest BCUT2D eigenvalue weighted by Gasteiger charge is 2.35. The Morgan fingerprint density at radius 2 is 2.00 bits per heavy atom. The third kappa shape index (κ3) is 2.07. The van der Waals surface area contributed by atoms with Crippen LogP contribution in [-0.4, -0.2) is 16.5 Å². The Morgan fingerprint density at radius 3 is 2.25 bits per heavy atom. The van der Waals surface area contributed by atoms with Crippen molar-refractivity contribution in [1.29, 1.82) is 0 Å². The van der Waals surface area contributed by atoms with E-state index in [-0.39, 0.29) is 11.7 Å². The summed E-state index contributed by atoms with van der Waals surface area (Å²) in [5.41, 5.74) is -0.607. The number of carbonyl (C=O) groups excluding carboxylic acids is 1. The molecule has 1 rings (SSSR count). The Labute approximate surface area is 74.0 Å². The lowest BCUT2D eigenvalue weighted by atomic mass is 9.88. The highest BCUT2D eigenvalue weighted by Crippen LogP contribution is 2.37. The lowest BCUT2D eigenvalue weighted by molar-refractivity contribution is -0.120. The molecule has 70 valence electrons. The summed E-state index contributed by atoms with van der Waals surface area (Å²) in [6, 6.07) is 0. The molecule has 0 saturated heterocycles. The van der Waals surface area contributed by atoms with Crippen LogP contribution in [0.2, 0.25) is 0 Å². The zero-order chi connectivity index (χ0) is 9.35. The van der Waals surface area contributed by atoms with Crippen molar-refractivity contribution in [3.8, 4) is 0 Å². The van der Waals surface area contributed by atoms with Gasteiger partial charge in [0.05, 0.1) is 5.60 Å². The lowest BCUT2D eigenvalue weighted by Gasteiger charge is -2.25. The van der Waals surface area contributed by atoms with Crippen molar-refractivity contribution in [1.82, 2.24) is 0 Å². The van der Waals surface area contributed by atoms with Gasteiger partial charge in [0, 0.05) is 5.92 Å². The molecule has 0 bridgehead atoms. The van der Waals surface area contributed by atoms with Gasteiger partial charge >= 0.3 is 0 Å². The number of carbonyl (C=O) groups is 1. The summed E-state index contributed by atoms with van der Waals surface area (Å²) in [5, 5.41) is 9.71. The van der Waals surface area contributed by atoms with Gasteiger partial charge in [-0.3, -0.25) is 4.79 Å². The van der Waals surface area contributed by atoms with Gasteiger partial charge in [-0.15, -0.1) is 0 Å². The van der Waals surface area contributed by atoms with E-state index in [0.29, 0.717) is 5.92 Å². The van der Waals surface area contributed by atoms with Crippen LogP contribution >= 0.6 is 0 Å². The molecule has 1 saturated carbocycles. The molecule has 2 heteroatoms. The second-order valence-corrected chi connectivity index (χ2v) is 4.47. The van der Waals surface area contributed by atoms with E-state index in [9.17, 15) is 9.90 Å². The normalized spacial score (nSPS) is 30.7. The minimum atomic E-state index is -0.607. The third-order valence-corrected chi connectivity index (χ3v) is 3.01. The molecule has 0 heterocycles. The summed E-state index contributed by atoms with van der Waals surface area (Å²) in [6.45, 7) is 5.32. The smallest absolute Gasteiger partial charge is 0.132 e. The lowest BCUT2D eigenvalue weighted by Crippen LogP contribution is -2.29. The predicted octanol–water partition coefficient (Wildman–Crippen LogP) is 1.76. The van der Waals surface area contributed by atoms with Crippen LogP contribution in [0.15, 0.2) is 0 Å². The molecule has 2 atom stereocenters. The highest BCUT2D eigenvalue weighted by atomic mass is 16.3. The van der Waals surface area contributed by atoms with Crippen molar-refractivity contribution >= 4 is 5.78 Å². The van der Waals surface area contributed by atoms with E-state index < -0.39 is 5.60 Å². The van der Waals surface area contributed by atoms with Crippen LogP contribution in [-0.2, 0) is 4.79 Å². The van der Waals surface area contributed by atoms with Crippen molar-refractivity contribution in [2.24, 2.45) is 11.8 Å². The van der Waals surface area contributed by atoms with Gasteiger partial charge in [0.2, 0.25) is 0 Å². The van der Waals surface area contributed by atoms with E-state index in [1.807, 2.05) is 13.8 Å². The number of hydrogen-bond acceptors (Lipinski definition) is 2. The van der Waals surface area contributed by atoms with Gasteiger partial charge in [-0.2, -0.15) is 0 Å². The van der Waals surface area contributed by atoms with Crippen LogP contribution < -0.4 is 0 Å². The maximum absolute atomic E-state index is 11.0. The van der Waals surface area contributed by atoms with Crippen LogP contribution in [0.5, 0.6) is 0 Å². The molecule has 0 amide bonds. The Morgan fingerprint density at radius 1 is 1.42 bits per heavy atom. The minimum absolute atomic E-state index is 0.210. The molecule has 1 aliphatic carbocycles. The predicted molar refractivity (Wildman–Crippen MR) is 47.8 cm³/mol. The number of ketones is 1. The molecular weight excluding hydrogens is 152 g/mol. The number of rotatable bonds is 2. The molecule has 12 heavy (non-hydrogen) atoms. The maximum Gasteiger partial charge on any atom is 0.132 e. The van der Waals surface area contributed by atoms with Crippen molar-refractivity contribution in [2.75, 3.05) is 0 Å². The zero-order valence-electron chi connectivity index (χ0n) is 8.13.